The number of rotatable bonds is 11. The highest BCUT2D eigenvalue weighted by atomic mass is 16.5. The van der Waals surface area contributed by atoms with Gasteiger partial charge in [0.25, 0.3) is 0 Å². The largest absolute Gasteiger partial charge is 0.462 e. The molecule has 8 heteroatoms. The van der Waals surface area contributed by atoms with Crippen molar-refractivity contribution >= 4 is 29.4 Å². The number of carbonyl (C=O) groups is 5. The molecule has 2 rings (SSSR count). The minimum absolute atomic E-state index is 0.151. The maximum absolute atomic E-state index is 11.1. The Labute approximate surface area is 250 Å². The Balaban J connectivity index is 0. The summed E-state index contributed by atoms with van der Waals surface area (Å²) in [5.74, 6) is -0.944. The third-order valence-corrected chi connectivity index (χ3v) is 5.16. The Hall–Kier alpha value is -4.59. The standard InChI is InChI=1S/C25H28O4.C3H5NO.2C3H6O/c1-5-23(26)28-17-15-19-7-11-21(12-8-19)25(3,4)22-13-9-20(10-14-22)16-18-29-24(27)6-2;1-2-3(4)5;2*1-3(2)4/h5-14H,1-2,15-18H2,3-4H3;2H,1H2,(H2,4,5);2*1-2H3. The SMILES string of the molecule is C=CC(=O)OCCc1ccc(C(C)(C)c2ccc(CCOC(=O)C=C)cc2)cc1.C=CC(N)=O.CC(C)=O.CC(C)=O. The molecule has 0 saturated heterocycles. The monoisotopic (exact) mass is 579 g/mol. The molecular formula is C34H45NO7. The number of primary amides is 1. The van der Waals surface area contributed by atoms with E-state index in [4.69, 9.17) is 9.47 Å². The normalized spacial score (nSPS) is 9.48. The van der Waals surface area contributed by atoms with Gasteiger partial charge in [0.1, 0.15) is 11.6 Å². The van der Waals surface area contributed by atoms with Crippen LogP contribution in [-0.4, -0.2) is 42.6 Å². The quantitative estimate of drug-likeness (QED) is 0.278. The molecule has 0 aromatic heterocycles. The molecule has 0 aliphatic rings. The maximum atomic E-state index is 11.1. The average Bonchev–Trinajstić information content (AvgIpc) is 2.93. The van der Waals surface area contributed by atoms with E-state index in [1.165, 1.54) is 51.0 Å². The van der Waals surface area contributed by atoms with Crippen molar-refractivity contribution in [2.75, 3.05) is 13.2 Å². The molecule has 42 heavy (non-hydrogen) atoms. The Morgan fingerprint density at radius 1 is 0.643 bits per heavy atom. The van der Waals surface area contributed by atoms with E-state index in [-0.39, 0.29) is 17.0 Å². The lowest BCUT2D eigenvalue weighted by atomic mass is 9.77. The molecular weight excluding hydrogens is 534 g/mol. The van der Waals surface area contributed by atoms with E-state index in [0.29, 0.717) is 26.1 Å². The van der Waals surface area contributed by atoms with Gasteiger partial charge in [0.05, 0.1) is 13.2 Å². The van der Waals surface area contributed by atoms with Crippen molar-refractivity contribution in [3.05, 3.63) is 109 Å². The van der Waals surface area contributed by atoms with E-state index >= 15 is 0 Å². The maximum Gasteiger partial charge on any atom is 0.330 e. The van der Waals surface area contributed by atoms with Crippen LogP contribution in [0.15, 0.2) is 86.5 Å². The lowest BCUT2D eigenvalue weighted by Gasteiger charge is -2.26. The van der Waals surface area contributed by atoms with E-state index in [2.05, 4.69) is 87.8 Å². The summed E-state index contributed by atoms with van der Waals surface area (Å²) < 4.78 is 10.1. The molecule has 0 unspecified atom stereocenters. The highest BCUT2D eigenvalue weighted by Gasteiger charge is 2.22. The summed E-state index contributed by atoms with van der Waals surface area (Å²) in [6.07, 6.45) is 4.74. The molecule has 0 bridgehead atoms. The summed E-state index contributed by atoms with van der Waals surface area (Å²) in [5, 5.41) is 0. The number of Topliss-reactive ketones (excluding diaryl/α,β-unsaturated/α-hetero) is 2. The lowest BCUT2D eigenvalue weighted by Crippen LogP contribution is -2.19. The molecule has 0 saturated carbocycles. The second-order valence-corrected chi connectivity index (χ2v) is 9.69. The average molecular weight is 580 g/mol. The first-order chi connectivity index (χ1) is 19.6. The van der Waals surface area contributed by atoms with Crippen LogP contribution in [0, 0.1) is 0 Å². The molecule has 0 fully saturated rings. The van der Waals surface area contributed by atoms with Crippen molar-refractivity contribution in [2.24, 2.45) is 5.73 Å². The van der Waals surface area contributed by atoms with Crippen molar-refractivity contribution < 1.29 is 33.4 Å². The lowest BCUT2D eigenvalue weighted by molar-refractivity contribution is -0.138. The van der Waals surface area contributed by atoms with Crippen LogP contribution in [0.25, 0.3) is 0 Å². The Morgan fingerprint density at radius 3 is 1.12 bits per heavy atom. The van der Waals surface area contributed by atoms with Crippen LogP contribution in [0.1, 0.15) is 63.8 Å². The van der Waals surface area contributed by atoms with Crippen molar-refractivity contribution in [1.82, 2.24) is 0 Å². The molecule has 0 radical (unpaired) electrons. The molecule has 0 aliphatic carbocycles. The van der Waals surface area contributed by atoms with Gasteiger partial charge in [-0.3, -0.25) is 4.79 Å². The van der Waals surface area contributed by atoms with Crippen LogP contribution in [0.3, 0.4) is 0 Å². The zero-order chi connectivity index (χ0) is 32.7. The van der Waals surface area contributed by atoms with Crippen LogP contribution in [0.5, 0.6) is 0 Å². The minimum atomic E-state index is -0.481. The predicted octanol–water partition coefficient (Wildman–Crippen LogP) is 5.40. The summed E-state index contributed by atoms with van der Waals surface area (Å²) in [7, 11) is 0. The number of nitrogens with two attached hydrogens (primary N) is 1. The summed E-state index contributed by atoms with van der Waals surface area (Å²) in [4.78, 5) is 50.6. The molecule has 2 N–H and O–H groups in total. The summed E-state index contributed by atoms with van der Waals surface area (Å²) in [6.45, 7) is 21.0. The number of amides is 1. The van der Waals surface area contributed by atoms with Gasteiger partial charge in [0.2, 0.25) is 5.91 Å². The first-order valence-electron chi connectivity index (χ1n) is 13.2. The molecule has 8 nitrogen and oxygen atoms in total. The van der Waals surface area contributed by atoms with Crippen LogP contribution >= 0.6 is 0 Å². The van der Waals surface area contributed by atoms with Crippen molar-refractivity contribution in [1.29, 1.82) is 0 Å². The van der Waals surface area contributed by atoms with Gasteiger partial charge in [0, 0.05) is 30.4 Å². The molecule has 1 amide bonds. The Bertz CT molecular complexity index is 1090. The van der Waals surface area contributed by atoms with Gasteiger partial charge in [-0.15, -0.1) is 0 Å². The van der Waals surface area contributed by atoms with Gasteiger partial charge < -0.3 is 24.8 Å². The van der Waals surface area contributed by atoms with Crippen molar-refractivity contribution in [3.8, 4) is 0 Å². The van der Waals surface area contributed by atoms with Crippen molar-refractivity contribution in [2.45, 2.75) is 59.8 Å². The molecule has 0 aliphatic heterocycles. The third-order valence-electron chi connectivity index (χ3n) is 5.16. The first-order valence-corrected chi connectivity index (χ1v) is 13.2. The number of ether oxygens (including phenoxy) is 2. The highest BCUT2D eigenvalue weighted by molar-refractivity contribution is 5.85. The van der Waals surface area contributed by atoms with Crippen LogP contribution in [0.2, 0.25) is 0 Å². The van der Waals surface area contributed by atoms with Crippen LogP contribution < -0.4 is 5.73 Å². The molecule has 0 atom stereocenters. The molecule has 2 aromatic carbocycles. The van der Waals surface area contributed by atoms with E-state index in [1.807, 2.05) is 0 Å². The summed E-state index contributed by atoms with van der Waals surface area (Å²) in [6, 6.07) is 16.8. The zero-order valence-electron chi connectivity index (χ0n) is 25.7. The summed E-state index contributed by atoms with van der Waals surface area (Å²) in [5.41, 5.74) is 9.03. The van der Waals surface area contributed by atoms with Gasteiger partial charge >= 0.3 is 11.9 Å². The number of hydrogen-bond acceptors (Lipinski definition) is 7. The molecule has 0 heterocycles. The number of ketones is 2. The Kier molecular flexibility index (Phi) is 20.8. The van der Waals surface area contributed by atoms with Gasteiger partial charge in [-0.1, -0.05) is 82.1 Å². The number of benzene rings is 2. The van der Waals surface area contributed by atoms with Gasteiger partial charge in [-0.2, -0.15) is 0 Å². The van der Waals surface area contributed by atoms with Crippen LogP contribution in [-0.2, 0) is 51.7 Å². The smallest absolute Gasteiger partial charge is 0.330 e. The fraction of sp³-hybridized carbons (Fsp3) is 0.324. The van der Waals surface area contributed by atoms with Gasteiger partial charge in [0.15, 0.2) is 0 Å². The van der Waals surface area contributed by atoms with Gasteiger partial charge in [-0.05, 0) is 56.0 Å². The van der Waals surface area contributed by atoms with Crippen LogP contribution in [0.4, 0.5) is 0 Å². The highest BCUT2D eigenvalue weighted by Crippen LogP contribution is 2.31. The fourth-order valence-electron chi connectivity index (χ4n) is 3.00. The van der Waals surface area contributed by atoms with E-state index < -0.39 is 17.8 Å². The Morgan fingerprint density at radius 2 is 0.905 bits per heavy atom. The fourth-order valence-corrected chi connectivity index (χ4v) is 3.00. The van der Waals surface area contributed by atoms with Gasteiger partial charge in [-0.25, -0.2) is 9.59 Å². The van der Waals surface area contributed by atoms with E-state index in [9.17, 15) is 24.0 Å². The second kappa shape index (κ2) is 22.1. The molecule has 228 valence electrons. The molecule has 2 aromatic rings. The number of esters is 2. The minimum Gasteiger partial charge on any atom is -0.462 e. The zero-order valence-corrected chi connectivity index (χ0v) is 25.7. The second-order valence-electron chi connectivity index (χ2n) is 9.69. The van der Waals surface area contributed by atoms with Crippen molar-refractivity contribution in [3.63, 3.8) is 0 Å². The van der Waals surface area contributed by atoms with E-state index in [1.54, 1.807) is 0 Å². The summed E-state index contributed by atoms with van der Waals surface area (Å²) >= 11 is 0. The number of carbonyl (C=O) groups excluding carboxylic acids is 5. The first kappa shape index (κ1) is 39.6. The topological polar surface area (TPSA) is 130 Å². The van der Waals surface area contributed by atoms with E-state index in [0.717, 1.165) is 17.2 Å². The third kappa shape index (κ3) is 20.3. The predicted molar refractivity (Wildman–Crippen MR) is 167 cm³/mol. The number of hydrogen-bond donors (Lipinski definition) is 1. The molecule has 0 spiro atoms.